The van der Waals surface area contributed by atoms with Crippen LogP contribution in [-0.4, -0.2) is 50.3 Å². The zero-order valence-corrected chi connectivity index (χ0v) is 13.3. The molecule has 1 aromatic carbocycles. The van der Waals surface area contributed by atoms with Gasteiger partial charge in [0.2, 0.25) is 0 Å². The maximum absolute atomic E-state index is 11.6. The highest BCUT2D eigenvalue weighted by atomic mass is 16.5. The molecule has 0 aliphatic rings. The number of nitrogens with two attached hydrogens (primary N) is 1. The summed E-state index contributed by atoms with van der Waals surface area (Å²) in [6, 6.07) is 7.57. The van der Waals surface area contributed by atoms with E-state index in [4.69, 9.17) is 15.2 Å². The summed E-state index contributed by atoms with van der Waals surface area (Å²) in [6.07, 6.45) is 0.829. The molecule has 0 aromatic heterocycles. The highest BCUT2D eigenvalue weighted by Crippen LogP contribution is 2.20. The number of benzene rings is 1. The van der Waals surface area contributed by atoms with Crippen LogP contribution < -0.4 is 10.5 Å². The maximum Gasteiger partial charge on any atom is 0.324 e. The number of rotatable bonds is 8. The van der Waals surface area contributed by atoms with E-state index in [1.807, 2.05) is 25.2 Å². The highest BCUT2D eigenvalue weighted by molar-refractivity contribution is 5.75. The number of carbonyl (C=O) groups excluding carboxylic acids is 1. The van der Waals surface area contributed by atoms with E-state index in [2.05, 4.69) is 17.9 Å². The van der Waals surface area contributed by atoms with Gasteiger partial charge in [0.25, 0.3) is 0 Å². The first-order valence-electron chi connectivity index (χ1n) is 7.23. The van der Waals surface area contributed by atoms with E-state index in [1.54, 1.807) is 14.0 Å². The molecular formula is C16H26N2O3. The summed E-state index contributed by atoms with van der Waals surface area (Å²) < 4.78 is 10.3. The zero-order valence-electron chi connectivity index (χ0n) is 13.3. The molecule has 2 atom stereocenters. The molecule has 0 aliphatic heterocycles. The maximum atomic E-state index is 11.6. The number of hydrogen-bond donors (Lipinski definition) is 1. The Morgan fingerprint density at radius 3 is 2.67 bits per heavy atom. The number of hydrogen-bond acceptors (Lipinski definition) is 5. The van der Waals surface area contributed by atoms with Gasteiger partial charge in [0.15, 0.2) is 0 Å². The fourth-order valence-electron chi connectivity index (χ4n) is 2.16. The van der Waals surface area contributed by atoms with Gasteiger partial charge >= 0.3 is 5.97 Å². The lowest BCUT2D eigenvalue weighted by Crippen LogP contribution is -2.45. The fourth-order valence-corrected chi connectivity index (χ4v) is 2.16. The van der Waals surface area contributed by atoms with Crippen molar-refractivity contribution < 1.29 is 14.3 Å². The third-order valence-electron chi connectivity index (χ3n) is 3.53. The molecule has 0 saturated carbocycles. The summed E-state index contributed by atoms with van der Waals surface area (Å²) in [5.41, 5.74) is 6.99. The summed E-state index contributed by atoms with van der Waals surface area (Å²) in [4.78, 5) is 13.6. The lowest BCUT2D eigenvalue weighted by Gasteiger charge is -2.27. The van der Waals surface area contributed by atoms with E-state index < -0.39 is 6.04 Å². The third kappa shape index (κ3) is 5.36. The van der Waals surface area contributed by atoms with Crippen molar-refractivity contribution in [3.05, 3.63) is 29.8 Å². The first-order chi connectivity index (χ1) is 9.99. The van der Waals surface area contributed by atoms with Crippen molar-refractivity contribution in [3.63, 3.8) is 0 Å². The molecular weight excluding hydrogens is 268 g/mol. The monoisotopic (exact) mass is 294 g/mol. The molecule has 0 aliphatic carbocycles. The van der Waals surface area contributed by atoms with E-state index in [9.17, 15) is 4.79 Å². The summed E-state index contributed by atoms with van der Waals surface area (Å²) in [5.74, 6) is 0.529. The molecule has 1 aromatic rings. The van der Waals surface area contributed by atoms with E-state index in [1.165, 1.54) is 0 Å². The van der Waals surface area contributed by atoms with Gasteiger partial charge in [-0.2, -0.15) is 0 Å². The first kappa shape index (κ1) is 17.5. The van der Waals surface area contributed by atoms with Gasteiger partial charge in [0, 0.05) is 12.6 Å². The number of likely N-dealkylation sites (N-methyl/N-ethyl adjacent to an activating group) is 1. The highest BCUT2D eigenvalue weighted by Gasteiger charge is 2.20. The first-order valence-corrected chi connectivity index (χ1v) is 7.23. The Hall–Kier alpha value is -1.59. The number of esters is 1. The van der Waals surface area contributed by atoms with Gasteiger partial charge in [-0.05, 0) is 38.9 Å². The molecule has 0 spiro atoms. The SMILES string of the molecule is CCOC(=O)C(N)CN(C)C(C)Cc1ccccc1OC. The molecule has 0 amide bonds. The second-order valence-corrected chi connectivity index (χ2v) is 5.16. The van der Waals surface area contributed by atoms with Crippen molar-refractivity contribution in [3.8, 4) is 5.75 Å². The van der Waals surface area contributed by atoms with Gasteiger partial charge in [0.1, 0.15) is 11.8 Å². The lowest BCUT2D eigenvalue weighted by atomic mass is 10.0. The molecule has 5 nitrogen and oxygen atoms in total. The molecule has 2 unspecified atom stereocenters. The number of methoxy groups -OCH3 is 1. The minimum absolute atomic E-state index is 0.238. The van der Waals surface area contributed by atoms with Crippen molar-refractivity contribution in [2.24, 2.45) is 5.73 Å². The quantitative estimate of drug-likeness (QED) is 0.735. The predicted molar refractivity (Wildman–Crippen MR) is 83.4 cm³/mol. The van der Waals surface area contributed by atoms with Crippen LogP contribution >= 0.6 is 0 Å². The minimum Gasteiger partial charge on any atom is -0.496 e. The summed E-state index contributed by atoms with van der Waals surface area (Å²) in [5, 5.41) is 0. The molecule has 0 saturated heterocycles. The third-order valence-corrected chi connectivity index (χ3v) is 3.53. The average molecular weight is 294 g/mol. The average Bonchev–Trinajstić information content (AvgIpc) is 2.47. The molecule has 1 rings (SSSR count). The van der Waals surface area contributed by atoms with Crippen LogP contribution in [-0.2, 0) is 16.0 Å². The summed E-state index contributed by atoms with van der Waals surface area (Å²) in [7, 11) is 3.63. The van der Waals surface area contributed by atoms with Gasteiger partial charge in [-0.15, -0.1) is 0 Å². The second-order valence-electron chi connectivity index (χ2n) is 5.16. The van der Waals surface area contributed by atoms with Crippen LogP contribution in [0.5, 0.6) is 5.75 Å². The lowest BCUT2D eigenvalue weighted by molar-refractivity contribution is -0.145. The van der Waals surface area contributed by atoms with Gasteiger partial charge < -0.3 is 20.1 Å². The number of carbonyl (C=O) groups is 1. The van der Waals surface area contributed by atoms with Gasteiger partial charge in [-0.1, -0.05) is 18.2 Å². The Labute approximate surface area is 127 Å². The van der Waals surface area contributed by atoms with Crippen LogP contribution in [0.3, 0.4) is 0 Å². The minimum atomic E-state index is -0.616. The van der Waals surface area contributed by atoms with Crippen LogP contribution in [0, 0.1) is 0 Å². The Morgan fingerprint density at radius 1 is 1.38 bits per heavy atom. The van der Waals surface area contributed by atoms with Crippen LogP contribution in [0.25, 0.3) is 0 Å². The Kier molecular flexibility index (Phi) is 7.19. The Bertz CT molecular complexity index is 451. The van der Waals surface area contributed by atoms with E-state index in [0.717, 1.165) is 17.7 Å². The standard InChI is InChI=1S/C16H26N2O3/c1-5-21-16(19)14(17)11-18(3)12(2)10-13-8-6-7-9-15(13)20-4/h6-9,12,14H,5,10-11,17H2,1-4H3. The molecule has 118 valence electrons. The summed E-state index contributed by atoms with van der Waals surface area (Å²) >= 11 is 0. The van der Waals surface area contributed by atoms with Crippen molar-refractivity contribution in [2.75, 3.05) is 27.3 Å². The van der Waals surface area contributed by atoms with Crippen molar-refractivity contribution in [2.45, 2.75) is 32.4 Å². The van der Waals surface area contributed by atoms with E-state index >= 15 is 0 Å². The predicted octanol–water partition coefficient (Wildman–Crippen LogP) is 1.45. The normalized spacial score (nSPS) is 13.8. The Morgan fingerprint density at radius 2 is 2.05 bits per heavy atom. The Balaban J connectivity index is 2.58. The zero-order chi connectivity index (χ0) is 15.8. The second kappa shape index (κ2) is 8.64. The molecule has 0 heterocycles. The summed E-state index contributed by atoms with van der Waals surface area (Å²) in [6.45, 7) is 4.70. The smallest absolute Gasteiger partial charge is 0.324 e. The van der Waals surface area contributed by atoms with Crippen molar-refractivity contribution >= 4 is 5.97 Å². The molecule has 0 fully saturated rings. The van der Waals surface area contributed by atoms with Gasteiger partial charge in [-0.25, -0.2) is 0 Å². The molecule has 5 heteroatoms. The molecule has 2 N–H and O–H groups in total. The van der Waals surface area contributed by atoms with E-state index in [-0.39, 0.29) is 12.0 Å². The van der Waals surface area contributed by atoms with Crippen LogP contribution in [0.4, 0.5) is 0 Å². The number of nitrogens with zero attached hydrogens (tertiary/aromatic N) is 1. The number of ether oxygens (including phenoxy) is 2. The van der Waals surface area contributed by atoms with Crippen molar-refractivity contribution in [1.29, 1.82) is 0 Å². The van der Waals surface area contributed by atoms with Crippen LogP contribution in [0.15, 0.2) is 24.3 Å². The fraction of sp³-hybridized carbons (Fsp3) is 0.562. The van der Waals surface area contributed by atoms with Crippen molar-refractivity contribution in [1.82, 2.24) is 4.90 Å². The van der Waals surface area contributed by atoms with Gasteiger partial charge in [-0.3, -0.25) is 4.79 Å². The molecule has 0 bridgehead atoms. The van der Waals surface area contributed by atoms with Gasteiger partial charge in [0.05, 0.1) is 13.7 Å². The van der Waals surface area contributed by atoms with Crippen LogP contribution in [0.1, 0.15) is 19.4 Å². The molecule has 21 heavy (non-hydrogen) atoms. The largest absolute Gasteiger partial charge is 0.496 e. The topological polar surface area (TPSA) is 64.8 Å². The van der Waals surface area contributed by atoms with Crippen LogP contribution in [0.2, 0.25) is 0 Å². The molecule has 0 radical (unpaired) electrons. The van der Waals surface area contributed by atoms with E-state index in [0.29, 0.717) is 13.2 Å². The number of para-hydroxylation sites is 1.